The van der Waals surface area contributed by atoms with E-state index in [-0.39, 0.29) is 0 Å². The van der Waals surface area contributed by atoms with Gasteiger partial charge in [-0.15, -0.1) is 0 Å². The minimum Gasteiger partial charge on any atom is -0.0945 e. The zero-order chi connectivity index (χ0) is 12.6. The maximum absolute atomic E-state index is 2.32. The third-order valence-electron chi connectivity index (χ3n) is 2.65. The van der Waals surface area contributed by atoms with Crippen LogP contribution in [0.2, 0.25) is 0 Å². The Kier molecular flexibility index (Phi) is 5.10. The van der Waals surface area contributed by atoms with Crippen molar-refractivity contribution < 1.29 is 0 Å². The Labute approximate surface area is 114 Å². The monoisotopic (exact) mass is 254 g/mol. The molecule has 2 aromatic rings. The molecule has 0 aliphatic heterocycles. The van der Waals surface area contributed by atoms with Crippen LogP contribution in [0.4, 0.5) is 0 Å². The molecule has 0 nitrogen and oxygen atoms in total. The lowest BCUT2D eigenvalue weighted by atomic mass is 10.1. The molecule has 18 heavy (non-hydrogen) atoms. The molecule has 0 heterocycles. The lowest BCUT2D eigenvalue weighted by Gasteiger charge is -2.07. The number of allylic oxidation sites excluding steroid dienone is 2. The van der Waals surface area contributed by atoms with E-state index in [1.165, 1.54) is 15.4 Å². The number of rotatable bonds is 5. The maximum Gasteiger partial charge on any atom is 0.0119 e. The van der Waals surface area contributed by atoms with E-state index in [1.807, 2.05) is 11.8 Å². The van der Waals surface area contributed by atoms with Crippen molar-refractivity contribution >= 4 is 11.8 Å². The van der Waals surface area contributed by atoms with Crippen molar-refractivity contribution in [2.75, 3.05) is 0 Å². The molecule has 0 amide bonds. The van der Waals surface area contributed by atoms with Crippen molar-refractivity contribution in [2.24, 2.45) is 0 Å². The summed E-state index contributed by atoms with van der Waals surface area (Å²) in [4.78, 5) is 2.74. The SMILES string of the molecule is CC/C=C(/Cc1ccccc1)Sc1ccccc1. The molecule has 0 bridgehead atoms. The highest BCUT2D eigenvalue weighted by molar-refractivity contribution is 8.03. The molecule has 0 aliphatic carbocycles. The van der Waals surface area contributed by atoms with E-state index in [9.17, 15) is 0 Å². The van der Waals surface area contributed by atoms with Crippen molar-refractivity contribution in [3.63, 3.8) is 0 Å². The molecule has 0 N–H and O–H groups in total. The lowest BCUT2D eigenvalue weighted by Crippen LogP contribution is -1.87. The van der Waals surface area contributed by atoms with Crippen molar-refractivity contribution in [1.82, 2.24) is 0 Å². The van der Waals surface area contributed by atoms with E-state index in [2.05, 4.69) is 73.7 Å². The minimum absolute atomic E-state index is 1.02. The third-order valence-corrected chi connectivity index (χ3v) is 3.73. The molecule has 1 heteroatoms. The number of hydrogen-bond donors (Lipinski definition) is 0. The highest BCUT2D eigenvalue weighted by Gasteiger charge is 2.01. The summed E-state index contributed by atoms with van der Waals surface area (Å²) in [6.07, 6.45) is 4.43. The Morgan fingerprint density at radius 2 is 1.56 bits per heavy atom. The van der Waals surface area contributed by atoms with Gasteiger partial charge in [0.2, 0.25) is 0 Å². The van der Waals surface area contributed by atoms with E-state index >= 15 is 0 Å². The molecule has 0 aliphatic rings. The summed E-state index contributed by atoms with van der Waals surface area (Å²) in [6, 6.07) is 21.2. The molecule has 0 radical (unpaired) electrons. The molecule has 2 aromatic carbocycles. The first-order valence-corrected chi connectivity index (χ1v) is 7.16. The lowest BCUT2D eigenvalue weighted by molar-refractivity contribution is 1.16. The average molecular weight is 254 g/mol. The van der Waals surface area contributed by atoms with Crippen molar-refractivity contribution in [3.8, 4) is 0 Å². The van der Waals surface area contributed by atoms with Gasteiger partial charge in [0.25, 0.3) is 0 Å². The average Bonchev–Trinajstić information content (AvgIpc) is 2.41. The fourth-order valence-corrected chi connectivity index (χ4v) is 2.90. The molecule has 92 valence electrons. The number of hydrogen-bond acceptors (Lipinski definition) is 1. The van der Waals surface area contributed by atoms with Crippen LogP contribution >= 0.6 is 11.8 Å². The summed E-state index contributed by atoms with van der Waals surface area (Å²) in [7, 11) is 0. The second-order valence-electron chi connectivity index (χ2n) is 4.16. The summed E-state index contributed by atoms with van der Waals surface area (Å²) >= 11 is 1.87. The van der Waals surface area contributed by atoms with Crippen molar-refractivity contribution in [1.29, 1.82) is 0 Å². The smallest absolute Gasteiger partial charge is 0.0119 e. The predicted octanol–water partition coefficient (Wildman–Crippen LogP) is 5.32. The standard InChI is InChI=1S/C17H18S/c1-2-9-17(14-15-10-5-3-6-11-15)18-16-12-7-4-8-13-16/h3-13H,2,14H2,1H3/b17-9-. The van der Waals surface area contributed by atoms with Gasteiger partial charge in [0, 0.05) is 11.3 Å². The Morgan fingerprint density at radius 3 is 2.17 bits per heavy atom. The molecule has 0 fully saturated rings. The van der Waals surface area contributed by atoms with Gasteiger partial charge in [0.1, 0.15) is 0 Å². The minimum atomic E-state index is 1.02. The van der Waals surface area contributed by atoms with Crippen LogP contribution < -0.4 is 0 Å². The Balaban J connectivity index is 2.08. The van der Waals surface area contributed by atoms with Crippen LogP contribution in [0.5, 0.6) is 0 Å². The number of benzene rings is 2. The fraction of sp³-hybridized carbons (Fsp3) is 0.176. The fourth-order valence-electron chi connectivity index (χ4n) is 1.81. The van der Waals surface area contributed by atoms with Crippen LogP contribution in [-0.2, 0) is 6.42 Å². The van der Waals surface area contributed by atoms with Crippen LogP contribution in [0.15, 0.2) is 76.5 Å². The van der Waals surface area contributed by atoms with Crippen molar-refractivity contribution in [2.45, 2.75) is 24.7 Å². The molecule has 0 saturated heterocycles. The van der Waals surface area contributed by atoms with E-state index in [4.69, 9.17) is 0 Å². The summed E-state index contributed by atoms with van der Waals surface area (Å²) in [5.41, 5.74) is 1.38. The molecular formula is C17H18S. The van der Waals surface area contributed by atoms with Gasteiger partial charge in [-0.25, -0.2) is 0 Å². The van der Waals surface area contributed by atoms with Crippen LogP contribution in [0.3, 0.4) is 0 Å². The Bertz CT molecular complexity index is 442. The molecule has 0 atom stereocenters. The second-order valence-corrected chi connectivity index (χ2v) is 5.36. The number of thioether (sulfide) groups is 1. The van der Waals surface area contributed by atoms with Gasteiger partial charge in [0.05, 0.1) is 0 Å². The van der Waals surface area contributed by atoms with Gasteiger partial charge in [-0.3, -0.25) is 0 Å². The highest BCUT2D eigenvalue weighted by Crippen LogP contribution is 2.29. The Morgan fingerprint density at radius 1 is 0.944 bits per heavy atom. The first-order chi connectivity index (χ1) is 8.88. The molecular weight excluding hydrogens is 236 g/mol. The van der Waals surface area contributed by atoms with Crippen LogP contribution in [0.1, 0.15) is 18.9 Å². The van der Waals surface area contributed by atoms with Crippen LogP contribution in [-0.4, -0.2) is 0 Å². The zero-order valence-electron chi connectivity index (χ0n) is 10.7. The van der Waals surface area contributed by atoms with Crippen LogP contribution in [0.25, 0.3) is 0 Å². The van der Waals surface area contributed by atoms with Gasteiger partial charge in [-0.1, -0.05) is 73.3 Å². The molecule has 0 saturated carbocycles. The van der Waals surface area contributed by atoms with Gasteiger partial charge in [-0.2, -0.15) is 0 Å². The molecule has 0 spiro atoms. The molecule has 0 unspecified atom stereocenters. The van der Waals surface area contributed by atoms with Crippen LogP contribution in [0, 0.1) is 0 Å². The topological polar surface area (TPSA) is 0 Å². The first kappa shape index (κ1) is 13.0. The summed E-state index contributed by atoms with van der Waals surface area (Å²) in [6.45, 7) is 2.19. The van der Waals surface area contributed by atoms with Gasteiger partial charge < -0.3 is 0 Å². The Hall–Kier alpha value is -1.47. The second kappa shape index (κ2) is 7.07. The van der Waals surface area contributed by atoms with E-state index < -0.39 is 0 Å². The van der Waals surface area contributed by atoms with Gasteiger partial charge >= 0.3 is 0 Å². The molecule has 2 rings (SSSR count). The largest absolute Gasteiger partial charge is 0.0945 e. The predicted molar refractivity (Wildman–Crippen MR) is 80.8 cm³/mol. The van der Waals surface area contributed by atoms with E-state index in [0.29, 0.717) is 0 Å². The first-order valence-electron chi connectivity index (χ1n) is 6.34. The quantitative estimate of drug-likeness (QED) is 0.651. The summed E-state index contributed by atoms with van der Waals surface area (Å²) in [5.74, 6) is 0. The van der Waals surface area contributed by atoms with Crippen molar-refractivity contribution in [3.05, 3.63) is 77.2 Å². The normalized spacial score (nSPS) is 11.5. The molecule has 0 aromatic heterocycles. The third kappa shape index (κ3) is 4.08. The highest BCUT2D eigenvalue weighted by atomic mass is 32.2. The summed E-state index contributed by atoms with van der Waals surface area (Å²) in [5, 5.41) is 0. The summed E-state index contributed by atoms with van der Waals surface area (Å²) < 4.78 is 0. The van der Waals surface area contributed by atoms with E-state index in [1.54, 1.807) is 0 Å². The maximum atomic E-state index is 2.32. The zero-order valence-corrected chi connectivity index (χ0v) is 11.5. The van der Waals surface area contributed by atoms with Gasteiger partial charge in [0.15, 0.2) is 0 Å². The van der Waals surface area contributed by atoms with Gasteiger partial charge in [-0.05, 0) is 29.0 Å². The van der Waals surface area contributed by atoms with E-state index in [0.717, 1.165) is 12.8 Å².